The Kier molecular flexibility index (Phi) is 4.42. The van der Waals surface area contributed by atoms with Crippen molar-refractivity contribution in [2.75, 3.05) is 11.4 Å². The number of carboxylic acid groups (broad SMARTS) is 1. The van der Waals surface area contributed by atoms with Gasteiger partial charge in [0, 0.05) is 18.7 Å². The van der Waals surface area contributed by atoms with Gasteiger partial charge in [0.05, 0.1) is 5.92 Å². The molecule has 2 aromatic rings. The van der Waals surface area contributed by atoms with E-state index in [0.717, 1.165) is 11.1 Å². The summed E-state index contributed by atoms with van der Waals surface area (Å²) in [4.78, 5) is 24.4. The van der Waals surface area contributed by atoms with E-state index in [1.807, 2.05) is 24.3 Å². The lowest BCUT2D eigenvalue weighted by atomic mass is 10.1. The van der Waals surface area contributed by atoms with Gasteiger partial charge in [-0.3, -0.25) is 9.59 Å². The zero-order valence-corrected chi connectivity index (χ0v) is 12.9. The Hall–Kier alpha value is -2.95. The first-order valence-corrected chi connectivity index (χ1v) is 7.60. The molecule has 3 rings (SSSR count). The van der Waals surface area contributed by atoms with Crippen molar-refractivity contribution in [3.8, 4) is 0 Å². The van der Waals surface area contributed by atoms with Crippen molar-refractivity contribution in [1.29, 1.82) is 0 Å². The van der Waals surface area contributed by atoms with Crippen molar-refractivity contribution < 1.29 is 19.1 Å². The molecule has 1 aliphatic rings. The Morgan fingerprint density at radius 2 is 1.58 bits per heavy atom. The quantitative estimate of drug-likeness (QED) is 0.876. The molecule has 0 aromatic heterocycles. The lowest BCUT2D eigenvalue weighted by Crippen LogP contribution is -2.25. The first-order chi connectivity index (χ1) is 11.5. The number of benzene rings is 2. The van der Waals surface area contributed by atoms with Gasteiger partial charge in [-0.25, -0.2) is 4.39 Å². The zero-order valence-electron chi connectivity index (χ0n) is 12.9. The first-order valence-electron chi connectivity index (χ1n) is 7.60. The molecule has 1 amide bonds. The maximum absolute atomic E-state index is 12.9. The van der Waals surface area contributed by atoms with E-state index in [1.54, 1.807) is 24.3 Å². The maximum Gasteiger partial charge on any atom is 0.308 e. The predicted molar refractivity (Wildman–Crippen MR) is 89.9 cm³/mol. The van der Waals surface area contributed by atoms with E-state index in [0.29, 0.717) is 5.69 Å². The molecular weight excluding hydrogens is 309 g/mol. The van der Waals surface area contributed by atoms with Gasteiger partial charge in [0.15, 0.2) is 0 Å². The van der Waals surface area contributed by atoms with Crippen LogP contribution in [0.25, 0.3) is 12.2 Å². The van der Waals surface area contributed by atoms with E-state index in [1.165, 1.54) is 17.0 Å². The molecule has 0 radical (unpaired) electrons. The van der Waals surface area contributed by atoms with Crippen LogP contribution >= 0.6 is 0 Å². The van der Waals surface area contributed by atoms with Crippen molar-refractivity contribution in [1.82, 2.24) is 0 Å². The molecule has 2 aromatic carbocycles. The predicted octanol–water partition coefficient (Wildman–Crippen LogP) is 3.43. The molecule has 122 valence electrons. The number of aliphatic carboxylic acids is 1. The summed E-state index contributed by atoms with van der Waals surface area (Å²) in [5, 5.41) is 9.02. The molecule has 0 bridgehead atoms. The number of amides is 1. The van der Waals surface area contributed by atoms with E-state index in [9.17, 15) is 14.0 Å². The second kappa shape index (κ2) is 6.66. The van der Waals surface area contributed by atoms with Crippen LogP contribution in [0.15, 0.2) is 48.5 Å². The molecule has 1 unspecified atom stereocenters. The average molecular weight is 325 g/mol. The highest BCUT2D eigenvalue weighted by molar-refractivity contribution is 5.99. The van der Waals surface area contributed by atoms with Crippen LogP contribution in [0.5, 0.6) is 0 Å². The molecule has 5 heteroatoms. The number of halogens is 1. The van der Waals surface area contributed by atoms with Gasteiger partial charge >= 0.3 is 5.97 Å². The summed E-state index contributed by atoms with van der Waals surface area (Å²) in [7, 11) is 0. The van der Waals surface area contributed by atoms with Crippen molar-refractivity contribution in [2.24, 2.45) is 5.92 Å². The fourth-order valence-electron chi connectivity index (χ4n) is 2.65. The van der Waals surface area contributed by atoms with Crippen LogP contribution in [0.2, 0.25) is 0 Å². The van der Waals surface area contributed by atoms with Gasteiger partial charge in [-0.15, -0.1) is 0 Å². The molecule has 1 saturated heterocycles. The largest absolute Gasteiger partial charge is 0.481 e. The second-order valence-corrected chi connectivity index (χ2v) is 5.72. The van der Waals surface area contributed by atoms with Crippen LogP contribution < -0.4 is 4.90 Å². The van der Waals surface area contributed by atoms with E-state index in [2.05, 4.69) is 0 Å². The minimum absolute atomic E-state index is 0.0432. The summed E-state index contributed by atoms with van der Waals surface area (Å²) in [6, 6.07) is 13.5. The Labute approximate surface area is 138 Å². The number of carbonyl (C=O) groups excluding carboxylic acids is 1. The first kappa shape index (κ1) is 15.9. The third-order valence-corrected chi connectivity index (χ3v) is 4.02. The van der Waals surface area contributed by atoms with Crippen molar-refractivity contribution in [2.45, 2.75) is 6.42 Å². The molecule has 1 N–H and O–H groups in total. The number of hydrogen-bond acceptors (Lipinski definition) is 2. The highest BCUT2D eigenvalue weighted by atomic mass is 19.1. The summed E-state index contributed by atoms with van der Waals surface area (Å²) < 4.78 is 12.9. The van der Waals surface area contributed by atoms with Crippen molar-refractivity contribution in [3.05, 3.63) is 65.5 Å². The molecule has 0 saturated carbocycles. The third kappa shape index (κ3) is 3.51. The lowest BCUT2D eigenvalue weighted by molar-refractivity contribution is -0.141. The molecule has 0 aliphatic carbocycles. The molecule has 4 nitrogen and oxygen atoms in total. The number of anilines is 1. The fraction of sp³-hybridized carbons (Fsp3) is 0.158. The van der Waals surface area contributed by atoms with Gasteiger partial charge in [-0.1, -0.05) is 36.4 Å². The van der Waals surface area contributed by atoms with Crippen LogP contribution in [0.3, 0.4) is 0 Å². The molecule has 1 aliphatic heterocycles. The summed E-state index contributed by atoms with van der Waals surface area (Å²) in [6.45, 7) is 0.207. The van der Waals surface area contributed by atoms with Gasteiger partial charge in [0.2, 0.25) is 5.91 Å². The van der Waals surface area contributed by atoms with Gasteiger partial charge in [-0.2, -0.15) is 0 Å². The van der Waals surface area contributed by atoms with Crippen molar-refractivity contribution >= 4 is 29.7 Å². The minimum atomic E-state index is -0.940. The standard InChI is InChI=1S/C19H16FNO3/c20-16-7-3-13(4-8-16)1-2-14-5-9-17(10-6-14)21-12-15(19(23)24)11-18(21)22/h1-10,15H,11-12H2,(H,23,24)/b2-1+. The molecule has 1 heterocycles. The topological polar surface area (TPSA) is 57.6 Å². The number of nitrogens with zero attached hydrogens (tertiary/aromatic N) is 1. The van der Waals surface area contributed by atoms with E-state index < -0.39 is 11.9 Å². The monoisotopic (exact) mass is 325 g/mol. The maximum atomic E-state index is 12.9. The highest BCUT2D eigenvalue weighted by Crippen LogP contribution is 2.25. The van der Waals surface area contributed by atoms with Crippen LogP contribution in [0.1, 0.15) is 17.5 Å². The summed E-state index contributed by atoms with van der Waals surface area (Å²) in [5.41, 5.74) is 2.52. The SMILES string of the molecule is O=C(O)C1CC(=O)N(c2ccc(/C=C/c3ccc(F)cc3)cc2)C1. The minimum Gasteiger partial charge on any atom is -0.481 e. The van der Waals surface area contributed by atoms with Gasteiger partial charge in [0.25, 0.3) is 0 Å². The van der Waals surface area contributed by atoms with Crippen molar-refractivity contribution in [3.63, 3.8) is 0 Å². The molecule has 24 heavy (non-hydrogen) atoms. The number of rotatable bonds is 4. The fourth-order valence-corrected chi connectivity index (χ4v) is 2.65. The van der Waals surface area contributed by atoms with E-state index in [-0.39, 0.29) is 24.7 Å². The highest BCUT2D eigenvalue weighted by Gasteiger charge is 2.34. The van der Waals surface area contributed by atoms with E-state index >= 15 is 0 Å². The molecule has 1 atom stereocenters. The van der Waals surface area contributed by atoms with Gasteiger partial charge < -0.3 is 10.0 Å². The van der Waals surface area contributed by atoms with Gasteiger partial charge in [0.1, 0.15) is 5.82 Å². The van der Waals surface area contributed by atoms with Crippen LogP contribution in [-0.2, 0) is 9.59 Å². The lowest BCUT2D eigenvalue weighted by Gasteiger charge is -2.16. The Bertz CT molecular complexity index is 781. The average Bonchev–Trinajstić information content (AvgIpc) is 2.97. The molecule has 0 spiro atoms. The normalized spacial score (nSPS) is 17.6. The Morgan fingerprint density at radius 3 is 2.08 bits per heavy atom. The smallest absolute Gasteiger partial charge is 0.308 e. The third-order valence-electron chi connectivity index (χ3n) is 4.02. The molecule has 1 fully saturated rings. The summed E-state index contributed by atoms with van der Waals surface area (Å²) >= 11 is 0. The number of carbonyl (C=O) groups is 2. The number of hydrogen-bond donors (Lipinski definition) is 1. The summed E-state index contributed by atoms with van der Waals surface area (Å²) in [6.07, 6.45) is 3.81. The zero-order chi connectivity index (χ0) is 17.1. The van der Waals surface area contributed by atoms with Gasteiger partial charge in [-0.05, 0) is 35.4 Å². The Morgan fingerprint density at radius 1 is 1.04 bits per heavy atom. The second-order valence-electron chi connectivity index (χ2n) is 5.72. The van der Waals surface area contributed by atoms with Crippen LogP contribution in [0, 0.1) is 11.7 Å². The Balaban J connectivity index is 1.70. The van der Waals surface area contributed by atoms with E-state index in [4.69, 9.17) is 5.11 Å². The summed E-state index contributed by atoms with van der Waals surface area (Å²) in [5.74, 6) is -2.02. The van der Waals surface area contributed by atoms with Crippen LogP contribution in [-0.4, -0.2) is 23.5 Å². The number of carboxylic acids is 1. The van der Waals surface area contributed by atoms with Crippen LogP contribution in [0.4, 0.5) is 10.1 Å². The molecular formula is C19H16FNO3.